The fourth-order valence-corrected chi connectivity index (χ4v) is 4.40. The summed E-state index contributed by atoms with van der Waals surface area (Å²) in [5, 5.41) is 0. The van der Waals surface area contributed by atoms with Crippen molar-refractivity contribution in [3.63, 3.8) is 0 Å². The molecule has 2 aliphatic rings. The lowest BCUT2D eigenvalue weighted by atomic mass is 10.0. The quantitative estimate of drug-likeness (QED) is 0.900. The summed E-state index contributed by atoms with van der Waals surface area (Å²) in [5.41, 5.74) is 2.63. The van der Waals surface area contributed by atoms with Gasteiger partial charge < -0.3 is 9.32 Å². The molecule has 0 unspecified atom stereocenters. The minimum atomic E-state index is -3.69. The second kappa shape index (κ2) is 5.42. The van der Waals surface area contributed by atoms with Gasteiger partial charge in [0, 0.05) is 6.54 Å². The van der Waals surface area contributed by atoms with Crippen molar-refractivity contribution < 1.29 is 17.6 Å². The third-order valence-corrected chi connectivity index (χ3v) is 5.76. The van der Waals surface area contributed by atoms with E-state index in [-0.39, 0.29) is 23.8 Å². The van der Waals surface area contributed by atoms with Crippen LogP contribution in [-0.2, 0) is 34.2 Å². The van der Waals surface area contributed by atoms with Gasteiger partial charge in [-0.3, -0.25) is 4.79 Å². The van der Waals surface area contributed by atoms with E-state index in [2.05, 4.69) is 9.71 Å². The Labute approximate surface area is 139 Å². The Morgan fingerprint density at radius 1 is 1.33 bits per heavy atom. The molecule has 24 heavy (non-hydrogen) atoms. The van der Waals surface area contributed by atoms with E-state index in [0.29, 0.717) is 18.2 Å². The fraction of sp³-hybridized carbons (Fsp3) is 0.375. The molecule has 0 saturated carbocycles. The highest BCUT2D eigenvalue weighted by Gasteiger charge is 2.33. The van der Waals surface area contributed by atoms with Crippen molar-refractivity contribution in [2.75, 3.05) is 11.4 Å². The van der Waals surface area contributed by atoms with Crippen molar-refractivity contribution >= 4 is 21.6 Å². The molecular weight excluding hydrogens is 330 g/mol. The van der Waals surface area contributed by atoms with Crippen LogP contribution < -0.4 is 9.62 Å². The summed E-state index contributed by atoms with van der Waals surface area (Å²) in [4.78, 5) is 18.0. The number of carbonyl (C=O) groups is 1. The number of carbonyl (C=O) groups excluding carboxylic acids is 1. The number of hydrogen-bond donors (Lipinski definition) is 1. The van der Waals surface area contributed by atoms with Crippen LogP contribution in [0.1, 0.15) is 29.2 Å². The zero-order valence-corrected chi connectivity index (χ0v) is 14.0. The molecule has 0 radical (unpaired) electrons. The first kappa shape index (κ1) is 15.3. The number of aromatic nitrogens is 1. The van der Waals surface area contributed by atoms with Crippen molar-refractivity contribution in [1.82, 2.24) is 9.71 Å². The number of aryl methyl sites for hydroxylation is 2. The maximum atomic E-state index is 12.6. The molecule has 1 amide bonds. The van der Waals surface area contributed by atoms with Crippen molar-refractivity contribution in [3.8, 4) is 0 Å². The number of benzene rings is 1. The Bertz CT molecular complexity index is 933. The van der Waals surface area contributed by atoms with Crippen LogP contribution in [0.2, 0.25) is 0 Å². The number of amides is 1. The number of oxazole rings is 1. The second-order valence-corrected chi connectivity index (χ2v) is 7.87. The van der Waals surface area contributed by atoms with Gasteiger partial charge in [-0.15, -0.1) is 0 Å². The Hall–Kier alpha value is -2.19. The Morgan fingerprint density at radius 2 is 2.12 bits per heavy atom. The Morgan fingerprint density at radius 3 is 2.88 bits per heavy atom. The number of nitrogens with one attached hydrogen (secondary N) is 1. The minimum Gasteiger partial charge on any atom is -0.445 e. The monoisotopic (exact) mass is 347 g/mol. The van der Waals surface area contributed by atoms with Crippen LogP contribution in [0.5, 0.6) is 0 Å². The van der Waals surface area contributed by atoms with E-state index in [9.17, 15) is 13.2 Å². The third-order valence-electron chi connectivity index (χ3n) is 4.37. The zero-order chi connectivity index (χ0) is 16.9. The van der Waals surface area contributed by atoms with Crippen molar-refractivity contribution in [2.24, 2.45) is 0 Å². The summed E-state index contributed by atoms with van der Waals surface area (Å²) in [6.07, 6.45) is 3.45. The smallest absolute Gasteiger partial charge is 0.241 e. The van der Waals surface area contributed by atoms with E-state index in [1.54, 1.807) is 30.2 Å². The van der Waals surface area contributed by atoms with E-state index < -0.39 is 10.0 Å². The lowest BCUT2D eigenvalue weighted by molar-refractivity contribution is -0.117. The molecule has 0 spiro atoms. The summed E-state index contributed by atoms with van der Waals surface area (Å²) in [7, 11) is -3.69. The van der Waals surface area contributed by atoms with Crippen LogP contribution in [0, 0.1) is 6.92 Å². The van der Waals surface area contributed by atoms with Crippen LogP contribution >= 0.6 is 0 Å². The summed E-state index contributed by atoms with van der Waals surface area (Å²) in [6.45, 7) is 2.46. The largest absolute Gasteiger partial charge is 0.445 e. The molecule has 8 heteroatoms. The predicted molar refractivity (Wildman–Crippen MR) is 86.1 cm³/mol. The SMILES string of the molecule is Cc1cnc(CNS(=O)(=O)c2cc3c4c(c2)CC(=O)N4CCC3)o1. The van der Waals surface area contributed by atoms with Gasteiger partial charge in [-0.25, -0.2) is 18.1 Å². The lowest BCUT2D eigenvalue weighted by Crippen LogP contribution is -2.31. The molecule has 1 N–H and O–H groups in total. The molecule has 0 saturated heterocycles. The first-order valence-electron chi connectivity index (χ1n) is 7.81. The fourth-order valence-electron chi connectivity index (χ4n) is 3.33. The van der Waals surface area contributed by atoms with Gasteiger partial charge in [0.25, 0.3) is 0 Å². The predicted octanol–water partition coefficient (Wildman–Crippen LogP) is 1.30. The average Bonchev–Trinajstić information content (AvgIpc) is 3.11. The topological polar surface area (TPSA) is 92.5 Å². The van der Waals surface area contributed by atoms with Gasteiger partial charge in [0.1, 0.15) is 5.76 Å². The highest BCUT2D eigenvalue weighted by atomic mass is 32.2. The van der Waals surface area contributed by atoms with Gasteiger partial charge in [-0.2, -0.15) is 0 Å². The summed E-state index contributed by atoms with van der Waals surface area (Å²) >= 11 is 0. The maximum Gasteiger partial charge on any atom is 0.241 e. The van der Waals surface area contributed by atoms with Crippen LogP contribution in [0.15, 0.2) is 27.6 Å². The molecular formula is C16H17N3O4S. The van der Waals surface area contributed by atoms with Gasteiger partial charge in [-0.05, 0) is 43.0 Å². The minimum absolute atomic E-state index is 0.00630. The van der Waals surface area contributed by atoms with Crippen molar-refractivity contribution in [1.29, 1.82) is 0 Å². The number of hydrogen-bond acceptors (Lipinski definition) is 5. The molecule has 0 bridgehead atoms. The highest BCUT2D eigenvalue weighted by molar-refractivity contribution is 7.89. The van der Waals surface area contributed by atoms with Crippen LogP contribution in [-0.4, -0.2) is 25.9 Å². The summed E-state index contributed by atoms with van der Waals surface area (Å²) < 4.78 is 33.0. The van der Waals surface area contributed by atoms with Crippen LogP contribution in [0.4, 0.5) is 5.69 Å². The first-order chi connectivity index (χ1) is 11.4. The van der Waals surface area contributed by atoms with Crippen LogP contribution in [0.3, 0.4) is 0 Å². The van der Waals surface area contributed by atoms with Crippen molar-refractivity contribution in [3.05, 3.63) is 41.1 Å². The van der Waals surface area contributed by atoms with Gasteiger partial charge in [0.2, 0.25) is 21.8 Å². The molecule has 1 aromatic carbocycles. The number of anilines is 1. The maximum absolute atomic E-state index is 12.6. The molecule has 4 rings (SSSR count). The standard InChI is InChI=1S/C16H17N3O4S/c1-10-8-17-14(23-10)9-18-24(21,22)13-5-11-3-2-4-19-15(20)7-12(6-13)16(11)19/h5-6,8,18H,2-4,7,9H2,1H3. The summed E-state index contributed by atoms with van der Waals surface area (Å²) in [6, 6.07) is 3.28. The van der Waals surface area contributed by atoms with E-state index in [0.717, 1.165) is 29.7 Å². The Kier molecular flexibility index (Phi) is 3.47. The third kappa shape index (κ3) is 2.51. The summed E-state index contributed by atoms with van der Waals surface area (Å²) in [5.74, 6) is 0.994. The average molecular weight is 347 g/mol. The highest BCUT2D eigenvalue weighted by Crippen LogP contribution is 2.38. The molecule has 0 aliphatic carbocycles. The molecule has 0 atom stereocenters. The van der Waals surface area contributed by atoms with Crippen molar-refractivity contribution in [2.45, 2.75) is 37.6 Å². The molecule has 0 fully saturated rings. The number of rotatable bonds is 4. The normalized spacial score (nSPS) is 16.5. The molecule has 2 aliphatic heterocycles. The van der Waals surface area contributed by atoms with E-state index in [1.165, 1.54) is 0 Å². The number of sulfonamides is 1. The zero-order valence-electron chi connectivity index (χ0n) is 13.2. The lowest BCUT2D eigenvalue weighted by Gasteiger charge is -2.25. The first-order valence-corrected chi connectivity index (χ1v) is 9.29. The number of nitrogens with zero attached hydrogens (tertiary/aromatic N) is 2. The van der Waals surface area contributed by atoms with E-state index >= 15 is 0 Å². The van der Waals surface area contributed by atoms with Gasteiger partial charge in [-0.1, -0.05) is 0 Å². The van der Waals surface area contributed by atoms with E-state index in [4.69, 9.17) is 4.42 Å². The van der Waals surface area contributed by atoms with Gasteiger partial charge in [0.05, 0.1) is 29.7 Å². The molecule has 1 aromatic heterocycles. The molecule has 3 heterocycles. The van der Waals surface area contributed by atoms with Crippen LogP contribution in [0.25, 0.3) is 0 Å². The second-order valence-electron chi connectivity index (χ2n) is 6.11. The van der Waals surface area contributed by atoms with Gasteiger partial charge in [0.15, 0.2) is 0 Å². The van der Waals surface area contributed by atoms with E-state index in [1.807, 2.05) is 0 Å². The van der Waals surface area contributed by atoms with Gasteiger partial charge >= 0.3 is 0 Å². The Balaban J connectivity index is 1.64. The molecule has 126 valence electrons. The molecule has 7 nitrogen and oxygen atoms in total. The molecule has 2 aromatic rings.